The Morgan fingerprint density at radius 3 is 2.82 bits per heavy atom. The lowest BCUT2D eigenvalue weighted by Crippen LogP contribution is -2.36. The van der Waals surface area contributed by atoms with Crippen molar-refractivity contribution >= 4 is 11.6 Å². The Labute approximate surface area is 190 Å². The number of aromatic nitrogens is 5. The van der Waals surface area contributed by atoms with E-state index in [1.165, 1.54) is 0 Å². The molecule has 1 amide bonds. The summed E-state index contributed by atoms with van der Waals surface area (Å²) in [6.07, 6.45) is 2.40. The Kier molecular flexibility index (Phi) is 5.65. The number of halogens is 3. The highest BCUT2D eigenvalue weighted by Crippen LogP contribution is 2.37. The van der Waals surface area contributed by atoms with Crippen LogP contribution in [0.3, 0.4) is 0 Å². The number of aromatic amines is 1. The highest BCUT2D eigenvalue weighted by Gasteiger charge is 2.36. The van der Waals surface area contributed by atoms with Crippen LogP contribution in [0.5, 0.6) is 0 Å². The second-order valence-electron chi connectivity index (χ2n) is 7.86. The summed E-state index contributed by atoms with van der Waals surface area (Å²) in [5.41, 5.74) is 2.09. The van der Waals surface area contributed by atoms with Crippen LogP contribution < -0.4 is 5.32 Å². The largest absolute Gasteiger partial charge is 0.451 e. The number of rotatable bonds is 7. The summed E-state index contributed by atoms with van der Waals surface area (Å²) in [5, 5.41) is 13.9. The van der Waals surface area contributed by atoms with Gasteiger partial charge in [-0.25, -0.2) is 0 Å². The number of H-pyrrole nitrogens is 1. The number of hydrogen-bond donors (Lipinski definition) is 2. The van der Waals surface area contributed by atoms with Crippen molar-refractivity contribution in [1.82, 2.24) is 25.0 Å². The average Bonchev–Trinajstić information content (AvgIpc) is 3.53. The van der Waals surface area contributed by atoms with Gasteiger partial charge in [-0.2, -0.15) is 23.4 Å². The second-order valence-corrected chi connectivity index (χ2v) is 7.86. The number of carbonyl (C=O) groups is 1. The van der Waals surface area contributed by atoms with Gasteiger partial charge in [0, 0.05) is 18.6 Å². The number of furan rings is 1. The number of nitrogens with zero attached hydrogens (tertiary/aromatic N) is 4. The summed E-state index contributed by atoms with van der Waals surface area (Å²) < 4.78 is 49.3. The third-order valence-corrected chi connectivity index (χ3v) is 5.43. The maximum Gasteiger partial charge on any atom is 0.411 e. The summed E-state index contributed by atoms with van der Waals surface area (Å²) in [7, 11) is 0. The molecule has 5 rings (SSSR count). The highest BCUT2D eigenvalue weighted by molar-refractivity contribution is 6.04. The van der Waals surface area contributed by atoms with Crippen molar-refractivity contribution in [1.29, 1.82) is 0 Å². The third-order valence-electron chi connectivity index (χ3n) is 5.43. The fourth-order valence-electron chi connectivity index (χ4n) is 3.65. The Morgan fingerprint density at radius 2 is 2.12 bits per heavy atom. The van der Waals surface area contributed by atoms with E-state index in [-0.39, 0.29) is 11.8 Å². The van der Waals surface area contributed by atoms with Crippen molar-refractivity contribution in [2.24, 2.45) is 0 Å². The van der Waals surface area contributed by atoms with Gasteiger partial charge in [-0.1, -0.05) is 6.07 Å². The molecular weight excluding hydrogens is 453 g/mol. The predicted octanol–water partition coefficient (Wildman–Crippen LogP) is 4.46. The van der Waals surface area contributed by atoms with E-state index in [1.807, 2.05) is 0 Å². The molecule has 1 aliphatic rings. The van der Waals surface area contributed by atoms with Crippen molar-refractivity contribution in [3.05, 3.63) is 60.9 Å². The maximum atomic E-state index is 12.9. The van der Waals surface area contributed by atoms with E-state index in [0.717, 1.165) is 0 Å². The molecule has 0 aromatic carbocycles. The Balaban J connectivity index is 1.33. The smallest absolute Gasteiger partial charge is 0.411 e. The van der Waals surface area contributed by atoms with Crippen LogP contribution in [0.2, 0.25) is 0 Å². The molecule has 1 fully saturated rings. The fourth-order valence-corrected chi connectivity index (χ4v) is 3.65. The fraction of sp³-hybridized carbons (Fsp3) is 0.273. The molecule has 0 unspecified atom stereocenters. The van der Waals surface area contributed by atoms with Crippen molar-refractivity contribution in [2.75, 3.05) is 11.9 Å². The molecule has 176 valence electrons. The van der Waals surface area contributed by atoms with E-state index >= 15 is 0 Å². The van der Waals surface area contributed by atoms with Crippen LogP contribution >= 0.6 is 0 Å². The van der Waals surface area contributed by atoms with E-state index < -0.39 is 24.8 Å². The van der Waals surface area contributed by atoms with E-state index in [9.17, 15) is 18.0 Å². The number of carbonyl (C=O) groups excluding carboxylic acids is 1. The number of anilines is 1. The van der Waals surface area contributed by atoms with E-state index in [0.29, 0.717) is 41.2 Å². The van der Waals surface area contributed by atoms with Gasteiger partial charge in [-0.3, -0.25) is 19.6 Å². The Bertz CT molecular complexity index is 1260. The number of pyridine rings is 1. The topological polar surface area (TPSA) is 111 Å². The van der Waals surface area contributed by atoms with Gasteiger partial charge >= 0.3 is 6.18 Å². The van der Waals surface area contributed by atoms with Gasteiger partial charge in [0.2, 0.25) is 0 Å². The van der Waals surface area contributed by atoms with Crippen LogP contribution in [-0.2, 0) is 4.74 Å². The Hall–Kier alpha value is -3.93. The first-order valence-electron chi connectivity index (χ1n) is 10.4. The molecule has 4 aromatic heterocycles. The van der Waals surface area contributed by atoms with Gasteiger partial charge in [0.05, 0.1) is 35.3 Å². The molecular formula is C22H19F3N6O3. The zero-order valence-electron chi connectivity index (χ0n) is 17.6. The molecule has 34 heavy (non-hydrogen) atoms. The highest BCUT2D eigenvalue weighted by atomic mass is 19.4. The monoisotopic (exact) mass is 472 g/mol. The van der Waals surface area contributed by atoms with Crippen LogP contribution in [0.15, 0.2) is 59.5 Å². The summed E-state index contributed by atoms with van der Waals surface area (Å²) in [6.45, 7) is -1.27. The predicted molar refractivity (Wildman–Crippen MR) is 114 cm³/mol. The van der Waals surface area contributed by atoms with Crippen molar-refractivity contribution in [3.8, 4) is 22.7 Å². The molecule has 1 saturated carbocycles. The zero-order valence-corrected chi connectivity index (χ0v) is 17.6. The molecule has 1 aliphatic carbocycles. The molecule has 4 heterocycles. The van der Waals surface area contributed by atoms with Gasteiger partial charge in [-0.05, 0) is 37.1 Å². The molecule has 2 N–H and O–H groups in total. The van der Waals surface area contributed by atoms with Gasteiger partial charge < -0.3 is 14.5 Å². The first kappa shape index (κ1) is 21.9. The van der Waals surface area contributed by atoms with Gasteiger partial charge in [-0.15, -0.1) is 0 Å². The van der Waals surface area contributed by atoms with Crippen molar-refractivity contribution < 1.29 is 27.1 Å². The molecule has 0 aliphatic heterocycles. The summed E-state index contributed by atoms with van der Waals surface area (Å²) in [5.74, 6) is 0.102. The number of hydrogen-bond acceptors (Lipinski definition) is 6. The summed E-state index contributed by atoms with van der Waals surface area (Å²) in [6, 6.07) is 8.37. The lowest BCUT2D eigenvalue weighted by atomic mass is 9.89. The molecule has 0 radical (unpaired) electrons. The third kappa shape index (κ3) is 4.71. The normalized spacial score (nSPS) is 18.0. The second kappa shape index (κ2) is 8.78. The Morgan fingerprint density at radius 1 is 1.26 bits per heavy atom. The minimum absolute atomic E-state index is 0.0974. The first-order valence-corrected chi connectivity index (χ1v) is 10.4. The van der Waals surface area contributed by atoms with Gasteiger partial charge in [0.15, 0.2) is 5.76 Å². The van der Waals surface area contributed by atoms with E-state index in [4.69, 9.17) is 9.15 Å². The number of alkyl halides is 3. The lowest BCUT2D eigenvalue weighted by Gasteiger charge is -2.35. The number of amides is 1. The minimum atomic E-state index is -4.36. The van der Waals surface area contributed by atoms with E-state index in [1.54, 1.807) is 59.8 Å². The van der Waals surface area contributed by atoms with Gasteiger partial charge in [0.1, 0.15) is 18.1 Å². The molecule has 4 aromatic rings. The zero-order chi connectivity index (χ0) is 23.7. The van der Waals surface area contributed by atoms with Crippen LogP contribution in [-0.4, -0.2) is 49.8 Å². The standard InChI is InChI=1S/C22H19F3N6O3/c23-22(24,25)12-33-15-7-14(8-15)31-11-17(20(30-31)16-3-1-2-6-26-16)29-21(32)19-5-4-18(34-19)13-9-27-28-10-13/h1-6,9-11,14-15H,7-8,12H2,(H,27,28)(H,29,32). The van der Waals surface area contributed by atoms with Gasteiger partial charge in [0.25, 0.3) is 5.91 Å². The quantitative estimate of drug-likeness (QED) is 0.411. The molecule has 0 spiro atoms. The first-order chi connectivity index (χ1) is 16.4. The van der Waals surface area contributed by atoms with E-state index in [2.05, 4.69) is 25.6 Å². The summed E-state index contributed by atoms with van der Waals surface area (Å²) >= 11 is 0. The molecule has 0 atom stereocenters. The molecule has 0 saturated heterocycles. The SMILES string of the molecule is O=C(Nc1cn(C2CC(OCC(F)(F)F)C2)nc1-c1ccccn1)c1ccc(-c2cn[nH]c2)o1. The average molecular weight is 472 g/mol. The molecule has 0 bridgehead atoms. The lowest BCUT2D eigenvalue weighted by molar-refractivity contribution is -0.196. The number of ether oxygens (including phenoxy) is 1. The number of nitrogens with one attached hydrogen (secondary N) is 2. The summed E-state index contributed by atoms with van der Waals surface area (Å²) in [4.78, 5) is 17.2. The van der Waals surface area contributed by atoms with Crippen LogP contribution in [0, 0.1) is 0 Å². The van der Waals surface area contributed by atoms with Crippen LogP contribution in [0.4, 0.5) is 18.9 Å². The maximum absolute atomic E-state index is 12.9. The molecule has 9 nitrogen and oxygen atoms in total. The van der Waals surface area contributed by atoms with Crippen LogP contribution in [0.1, 0.15) is 29.4 Å². The van der Waals surface area contributed by atoms with Crippen LogP contribution in [0.25, 0.3) is 22.7 Å². The minimum Gasteiger partial charge on any atom is -0.451 e. The van der Waals surface area contributed by atoms with Crippen molar-refractivity contribution in [3.63, 3.8) is 0 Å². The molecule has 12 heteroatoms. The van der Waals surface area contributed by atoms with Crippen molar-refractivity contribution in [2.45, 2.75) is 31.2 Å².